The fourth-order valence-electron chi connectivity index (χ4n) is 15.1. The van der Waals surface area contributed by atoms with Crippen LogP contribution in [0.5, 0.6) is 0 Å². The number of anilines is 5. The Kier molecular flexibility index (Phi) is 10.3. The summed E-state index contributed by atoms with van der Waals surface area (Å²) in [6, 6.07) is 64.7. The van der Waals surface area contributed by atoms with E-state index in [9.17, 15) is 0 Å². The van der Waals surface area contributed by atoms with Gasteiger partial charge >= 0.3 is 6.85 Å². The summed E-state index contributed by atoms with van der Waals surface area (Å²) in [5.74, 6) is 0. The number of nitrogens with zero attached hydrogens (tertiary/aromatic N) is 2. The Balaban J connectivity index is 1.08. The van der Waals surface area contributed by atoms with E-state index in [0.717, 1.165) is 86.7 Å². The molecule has 4 aliphatic rings. The SMILES string of the molecule is CC(C)(C)c1ccc(N2c3cc4c(oc5ccccc54)c4c3B(c3sc5cc6c(cc5c32)C(C)(C)CCC6(C)C)N(c2ccc(-c3ccccc3)cc2)c2cc3oc5cc6c(cc5c3cc2-4)C(C)(C)CCC6(C)C)c(-c2ccccc2)c1. The fraction of sp³-hybridized carbons (Fsp3) is 0.263. The van der Waals surface area contributed by atoms with Gasteiger partial charge in [0.25, 0.3) is 0 Å². The maximum Gasteiger partial charge on any atom is 0.343 e. The number of hydrogen-bond acceptors (Lipinski definition) is 5. The van der Waals surface area contributed by atoms with E-state index >= 15 is 0 Å². The Morgan fingerprint density at radius 2 is 1.02 bits per heavy atom. The van der Waals surface area contributed by atoms with Crippen molar-refractivity contribution in [1.29, 1.82) is 0 Å². The Hall–Kier alpha value is -7.80. The minimum Gasteiger partial charge on any atom is -0.456 e. The third-order valence-electron chi connectivity index (χ3n) is 20.1. The molecule has 0 unspecified atom stereocenters. The largest absolute Gasteiger partial charge is 0.456 e. The van der Waals surface area contributed by atoms with E-state index < -0.39 is 0 Å². The molecular formula is C76H69BN2O2S. The second-order valence-corrected chi connectivity index (χ2v) is 29.2. The lowest BCUT2D eigenvalue weighted by Gasteiger charge is -2.45. The van der Waals surface area contributed by atoms with Crippen LogP contribution >= 0.6 is 11.3 Å². The van der Waals surface area contributed by atoms with Crippen LogP contribution in [0.3, 0.4) is 0 Å². The molecule has 0 fully saturated rings. The standard InChI is InChI=1S/C76H69BN2O2S/c1-72(2,3)47-28-31-60(50(36-47)46-22-16-13-17-23-46)78-62-40-53-49-24-18-19-25-63(49)81-70(53)67-54-37-51-52-38-56-58(75(8,9)34-32-73(56,4)5)41-64(52)80-65(51)43-61(54)79(48-29-26-45(27-30-48)44-20-14-12-15-21-44)77(68(62)67)71-69(78)55-39-57-59(42-66(55)82-71)76(10,11)35-33-74(57,6)7/h12-31,36-43H,32-35H2,1-11H3. The van der Waals surface area contributed by atoms with Gasteiger partial charge in [-0.25, -0.2) is 0 Å². The first-order valence-electron chi connectivity index (χ1n) is 29.8. The van der Waals surface area contributed by atoms with Gasteiger partial charge in [0.1, 0.15) is 22.3 Å². The van der Waals surface area contributed by atoms with Crippen molar-refractivity contribution in [3.8, 4) is 33.4 Å². The molecule has 4 nitrogen and oxygen atoms in total. The quantitative estimate of drug-likeness (QED) is 0.164. The lowest BCUT2D eigenvalue weighted by molar-refractivity contribution is 0.332. The summed E-state index contributed by atoms with van der Waals surface area (Å²) in [7, 11) is 0. The highest BCUT2D eigenvalue weighted by molar-refractivity contribution is 7.32. The van der Waals surface area contributed by atoms with E-state index in [0.29, 0.717) is 0 Å². The summed E-state index contributed by atoms with van der Waals surface area (Å²) in [6.07, 6.45) is 4.57. The number of rotatable bonds is 4. The average molecular weight is 1090 g/mol. The molecule has 3 aromatic heterocycles. The van der Waals surface area contributed by atoms with E-state index in [1.165, 1.54) is 92.8 Å². The molecule has 0 amide bonds. The summed E-state index contributed by atoms with van der Waals surface area (Å²) in [5.41, 5.74) is 25.0. The van der Waals surface area contributed by atoms with Gasteiger partial charge in [-0.1, -0.05) is 173 Å². The van der Waals surface area contributed by atoms with E-state index in [1.54, 1.807) is 0 Å². The average Bonchev–Trinajstić information content (AvgIpc) is 1.53. The molecule has 0 spiro atoms. The summed E-state index contributed by atoms with van der Waals surface area (Å²) in [6.45, 7) is 26.3. The molecule has 0 bridgehead atoms. The molecule has 12 aromatic rings. The Bertz CT molecular complexity index is 4680. The second kappa shape index (κ2) is 16.9. The molecule has 5 heterocycles. The summed E-state index contributed by atoms with van der Waals surface area (Å²) in [4.78, 5) is 5.38. The van der Waals surface area contributed by atoms with Crippen LogP contribution in [0.4, 0.5) is 28.4 Å². The van der Waals surface area contributed by atoms with Crippen molar-refractivity contribution in [3.63, 3.8) is 0 Å². The number of fused-ring (bicyclic) bond motifs is 15. The van der Waals surface area contributed by atoms with Crippen LogP contribution in [0.1, 0.15) is 130 Å². The molecule has 9 aromatic carbocycles. The highest BCUT2D eigenvalue weighted by atomic mass is 32.1. The van der Waals surface area contributed by atoms with Crippen LogP contribution in [0.25, 0.3) is 87.3 Å². The molecule has 0 saturated heterocycles. The first-order valence-corrected chi connectivity index (χ1v) is 30.7. The van der Waals surface area contributed by atoms with Crippen molar-refractivity contribution >= 4 is 111 Å². The molecule has 2 aliphatic heterocycles. The van der Waals surface area contributed by atoms with E-state index in [2.05, 4.69) is 256 Å². The number of hydrogen-bond donors (Lipinski definition) is 0. The van der Waals surface area contributed by atoms with Crippen LogP contribution in [-0.4, -0.2) is 6.85 Å². The predicted molar refractivity (Wildman–Crippen MR) is 350 cm³/mol. The third kappa shape index (κ3) is 7.15. The smallest absolute Gasteiger partial charge is 0.343 e. The van der Waals surface area contributed by atoms with E-state index in [4.69, 9.17) is 8.83 Å². The number of thiophene rings is 1. The van der Waals surface area contributed by atoms with Crippen LogP contribution in [0, 0.1) is 0 Å². The molecule has 2 aliphatic carbocycles. The molecule has 82 heavy (non-hydrogen) atoms. The van der Waals surface area contributed by atoms with Gasteiger partial charge < -0.3 is 18.5 Å². The van der Waals surface area contributed by atoms with Crippen LogP contribution in [0.2, 0.25) is 0 Å². The van der Waals surface area contributed by atoms with Gasteiger partial charge in [0.05, 0.1) is 11.4 Å². The zero-order valence-electron chi connectivity index (χ0n) is 49.2. The van der Waals surface area contributed by atoms with Crippen LogP contribution < -0.4 is 20.0 Å². The minimum atomic E-state index is -0.246. The zero-order valence-corrected chi connectivity index (χ0v) is 50.0. The fourth-order valence-corrected chi connectivity index (χ4v) is 16.4. The number of para-hydroxylation sites is 1. The second-order valence-electron chi connectivity index (χ2n) is 28.1. The van der Waals surface area contributed by atoms with Crippen molar-refractivity contribution in [2.75, 3.05) is 9.71 Å². The maximum absolute atomic E-state index is 7.38. The van der Waals surface area contributed by atoms with Crippen molar-refractivity contribution in [3.05, 3.63) is 198 Å². The molecule has 6 heteroatoms. The van der Waals surface area contributed by atoms with Gasteiger partial charge in [-0.3, -0.25) is 0 Å². The third-order valence-corrected chi connectivity index (χ3v) is 21.3. The molecular weight excluding hydrogens is 1020 g/mol. The Morgan fingerprint density at radius 3 is 1.70 bits per heavy atom. The monoisotopic (exact) mass is 1080 g/mol. The molecule has 0 radical (unpaired) electrons. The summed E-state index contributed by atoms with van der Waals surface area (Å²) in [5, 5.41) is 5.84. The predicted octanol–water partition coefficient (Wildman–Crippen LogP) is 20.7. The molecule has 0 atom stereocenters. The molecule has 0 N–H and O–H groups in total. The first-order chi connectivity index (χ1) is 39.2. The van der Waals surface area contributed by atoms with Gasteiger partial charge in [-0.05, 0) is 169 Å². The van der Waals surface area contributed by atoms with Gasteiger partial charge in [0.2, 0.25) is 0 Å². The Labute approximate surface area is 486 Å². The van der Waals surface area contributed by atoms with Gasteiger partial charge in [-0.15, -0.1) is 11.3 Å². The van der Waals surface area contributed by atoms with E-state index in [-0.39, 0.29) is 33.9 Å². The summed E-state index contributed by atoms with van der Waals surface area (Å²) < 4.78 is 17.3. The van der Waals surface area contributed by atoms with Crippen molar-refractivity contribution in [2.45, 2.75) is 129 Å². The van der Waals surface area contributed by atoms with Gasteiger partial charge in [0.15, 0.2) is 0 Å². The normalized spacial score (nSPS) is 17.3. The molecule has 0 saturated carbocycles. The topological polar surface area (TPSA) is 32.8 Å². The van der Waals surface area contributed by atoms with Crippen LogP contribution in [0.15, 0.2) is 179 Å². The number of benzene rings is 9. The van der Waals surface area contributed by atoms with Crippen LogP contribution in [-0.2, 0) is 27.1 Å². The summed E-state index contributed by atoms with van der Waals surface area (Å²) >= 11 is 1.99. The highest BCUT2D eigenvalue weighted by Crippen LogP contribution is 2.58. The maximum atomic E-state index is 7.38. The zero-order chi connectivity index (χ0) is 56.1. The Morgan fingerprint density at radius 1 is 0.451 bits per heavy atom. The minimum absolute atomic E-state index is 0.00289. The first kappa shape index (κ1) is 50.0. The van der Waals surface area contributed by atoms with Gasteiger partial charge in [-0.2, -0.15) is 0 Å². The molecule has 404 valence electrons. The van der Waals surface area contributed by atoms with Crippen molar-refractivity contribution in [2.24, 2.45) is 0 Å². The van der Waals surface area contributed by atoms with Crippen molar-refractivity contribution < 1.29 is 8.83 Å². The molecule has 16 rings (SSSR count). The van der Waals surface area contributed by atoms with Gasteiger partial charge in [0, 0.05) is 76.2 Å². The van der Waals surface area contributed by atoms with Crippen molar-refractivity contribution in [1.82, 2.24) is 0 Å². The lowest BCUT2D eigenvalue weighted by atomic mass is 9.46. The number of furan rings is 2. The van der Waals surface area contributed by atoms with E-state index in [1.807, 2.05) is 11.3 Å². The lowest BCUT2D eigenvalue weighted by Crippen LogP contribution is -2.60. The highest BCUT2D eigenvalue weighted by Gasteiger charge is 2.50.